The van der Waals surface area contributed by atoms with Crippen molar-refractivity contribution in [2.45, 2.75) is 6.92 Å². The Kier molecular flexibility index (Phi) is 4.35. The molecule has 98 valence electrons. The second kappa shape index (κ2) is 5.99. The fourth-order valence-corrected chi connectivity index (χ4v) is 1.96. The Hall–Kier alpha value is -1.65. The number of rotatable bonds is 2. The Morgan fingerprint density at radius 2 is 1.79 bits per heavy atom. The van der Waals surface area contributed by atoms with Crippen molar-refractivity contribution in [2.75, 3.05) is 10.6 Å². The molecule has 0 fully saturated rings. The molecule has 19 heavy (non-hydrogen) atoms. The van der Waals surface area contributed by atoms with E-state index in [4.69, 9.17) is 23.8 Å². The van der Waals surface area contributed by atoms with Gasteiger partial charge in [0.25, 0.3) is 0 Å². The molecule has 5 heteroatoms. The van der Waals surface area contributed by atoms with E-state index < -0.39 is 0 Å². The van der Waals surface area contributed by atoms with Crippen LogP contribution in [-0.4, -0.2) is 5.11 Å². The molecule has 0 saturated carbocycles. The number of para-hydroxylation sites is 1. The second-order valence-electron chi connectivity index (χ2n) is 4.04. The van der Waals surface area contributed by atoms with Gasteiger partial charge in [-0.3, -0.25) is 0 Å². The number of halogens is 2. The fraction of sp³-hybridized carbons (Fsp3) is 0.0714. The molecule has 0 aromatic heterocycles. The first-order chi connectivity index (χ1) is 9.06. The van der Waals surface area contributed by atoms with E-state index in [-0.39, 0.29) is 10.9 Å². The number of thiocarbonyl (C=S) groups is 1. The summed E-state index contributed by atoms with van der Waals surface area (Å²) < 4.78 is 13.7. The van der Waals surface area contributed by atoms with Crippen molar-refractivity contribution in [3.05, 3.63) is 58.9 Å². The third kappa shape index (κ3) is 3.66. The minimum atomic E-state index is -0.344. The molecule has 0 unspecified atom stereocenters. The first kappa shape index (κ1) is 13.8. The van der Waals surface area contributed by atoms with Gasteiger partial charge in [-0.15, -0.1) is 0 Å². The summed E-state index contributed by atoms with van der Waals surface area (Å²) in [7, 11) is 0. The summed E-state index contributed by atoms with van der Waals surface area (Å²) in [4.78, 5) is 0. The van der Waals surface area contributed by atoms with Crippen molar-refractivity contribution in [3.8, 4) is 0 Å². The van der Waals surface area contributed by atoms with Crippen LogP contribution in [0.2, 0.25) is 5.02 Å². The van der Waals surface area contributed by atoms with E-state index in [9.17, 15) is 4.39 Å². The molecule has 0 amide bonds. The average Bonchev–Trinajstić information content (AvgIpc) is 2.36. The standard InChI is InChI=1S/C14H12ClFN2S/c1-9-6-7-13(11(16)8-9)18-14(19)17-12-5-3-2-4-10(12)15/h2-8H,1H3,(H2,17,18,19). The summed E-state index contributed by atoms with van der Waals surface area (Å²) in [6.45, 7) is 1.83. The lowest BCUT2D eigenvalue weighted by Crippen LogP contribution is -2.20. The Balaban J connectivity index is 2.08. The number of hydrogen-bond donors (Lipinski definition) is 2. The van der Waals surface area contributed by atoms with E-state index in [0.29, 0.717) is 16.4 Å². The van der Waals surface area contributed by atoms with Gasteiger partial charge in [0.1, 0.15) is 5.82 Å². The Bertz CT molecular complexity index is 616. The number of anilines is 2. The minimum absolute atomic E-state index is 0.288. The number of aryl methyl sites for hydroxylation is 1. The van der Waals surface area contributed by atoms with Gasteiger partial charge in [-0.1, -0.05) is 29.8 Å². The minimum Gasteiger partial charge on any atom is -0.331 e. The van der Waals surface area contributed by atoms with Crippen LogP contribution in [-0.2, 0) is 0 Å². The summed E-state index contributed by atoms with van der Waals surface area (Å²) in [5, 5.41) is 6.56. The second-order valence-corrected chi connectivity index (χ2v) is 4.86. The molecule has 0 aliphatic carbocycles. The van der Waals surface area contributed by atoms with Crippen molar-refractivity contribution in [1.82, 2.24) is 0 Å². The van der Waals surface area contributed by atoms with E-state index in [1.54, 1.807) is 18.2 Å². The molecule has 0 saturated heterocycles. The monoisotopic (exact) mass is 294 g/mol. The van der Waals surface area contributed by atoms with Crippen molar-refractivity contribution in [2.24, 2.45) is 0 Å². The highest BCUT2D eigenvalue weighted by Gasteiger charge is 2.06. The maximum atomic E-state index is 13.7. The van der Waals surface area contributed by atoms with E-state index in [1.807, 2.05) is 25.1 Å². The Labute approximate surface area is 121 Å². The molecule has 0 atom stereocenters. The zero-order valence-corrected chi connectivity index (χ0v) is 11.8. The van der Waals surface area contributed by atoms with Gasteiger partial charge in [-0.05, 0) is 49.0 Å². The Morgan fingerprint density at radius 3 is 2.47 bits per heavy atom. The molecule has 2 N–H and O–H groups in total. The SMILES string of the molecule is Cc1ccc(NC(=S)Nc2ccccc2Cl)c(F)c1. The van der Waals surface area contributed by atoms with Gasteiger partial charge in [0.2, 0.25) is 0 Å². The predicted molar refractivity (Wildman–Crippen MR) is 82.4 cm³/mol. The first-order valence-electron chi connectivity index (χ1n) is 5.65. The van der Waals surface area contributed by atoms with E-state index in [0.717, 1.165) is 5.56 Å². The largest absolute Gasteiger partial charge is 0.331 e. The quantitative estimate of drug-likeness (QED) is 0.792. The van der Waals surface area contributed by atoms with Crippen LogP contribution in [0.3, 0.4) is 0 Å². The highest BCUT2D eigenvalue weighted by atomic mass is 35.5. The van der Waals surface area contributed by atoms with Gasteiger partial charge in [0.15, 0.2) is 5.11 Å². The van der Waals surface area contributed by atoms with E-state index in [1.165, 1.54) is 6.07 Å². The smallest absolute Gasteiger partial charge is 0.175 e. The van der Waals surface area contributed by atoms with Gasteiger partial charge < -0.3 is 10.6 Å². The van der Waals surface area contributed by atoms with Crippen molar-refractivity contribution in [1.29, 1.82) is 0 Å². The molecule has 0 aliphatic heterocycles. The maximum absolute atomic E-state index is 13.7. The number of nitrogens with one attached hydrogen (secondary N) is 2. The van der Waals surface area contributed by atoms with Crippen molar-refractivity contribution < 1.29 is 4.39 Å². The van der Waals surface area contributed by atoms with Gasteiger partial charge in [-0.25, -0.2) is 4.39 Å². The van der Waals surface area contributed by atoms with Crippen LogP contribution in [0.5, 0.6) is 0 Å². The summed E-state index contributed by atoms with van der Waals surface area (Å²) in [5.74, 6) is -0.344. The van der Waals surface area contributed by atoms with Crippen molar-refractivity contribution >= 4 is 40.3 Å². The predicted octanol–water partition coefficient (Wildman–Crippen LogP) is 4.60. The molecule has 2 aromatic carbocycles. The van der Waals surface area contributed by atoms with Crippen LogP contribution in [0.4, 0.5) is 15.8 Å². The first-order valence-corrected chi connectivity index (χ1v) is 6.43. The maximum Gasteiger partial charge on any atom is 0.175 e. The third-order valence-corrected chi connectivity index (χ3v) is 3.03. The Morgan fingerprint density at radius 1 is 1.11 bits per heavy atom. The fourth-order valence-electron chi connectivity index (χ4n) is 1.56. The summed E-state index contributed by atoms with van der Waals surface area (Å²) >= 11 is 11.1. The van der Waals surface area contributed by atoms with Crippen LogP contribution >= 0.6 is 23.8 Å². The topological polar surface area (TPSA) is 24.1 Å². The van der Waals surface area contributed by atoms with Crippen molar-refractivity contribution in [3.63, 3.8) is 0 Å². The lowest BCUT2D eigenvalue weighted by atomic mass is 10.2. The molecule has 2 aromatic rings. The molecule has 0 radical (unpaired) electrons. The zero-order chi connectivity index (χ0) is 13.8. The molecule has 0 spiro atoms. The third-order valence-electron chi connectivity index (χ3n) is 2.49. The van der Waals surface area contributed by atoms with Crippen LogP contribution in [0.25, 0.3) is 0 Å². The highest BCUT2D eigenvalue weighted by molar-refractivity contribution is 7.80. The molecule has 0 bridgehead atoms. The van der Waals surface area contributed by atoms with Crippen LogP contribution < -0.4 is 10.6 Å². The molecular formula is C14H12ClFN2S. The van der Waals surface area contributed by atoms with Gasteiger partial charge >= 0.3 is 0 Å². The normalized spacial score (nSPS) is 10.1. The number of hydrogen-bond acceptors (Lipinski definition) is 1. The van der Waals surface area contributed by atoms with Crippen LogP contribution in [0.15, 0.2) is 42.5 Å². The highest BCUT2D eigenvalue weighted by Crippen LogP contribution is 2.21. The summed E-state index contributed by atoms with van der Waals surface area (Å²) in [6.07, 6.45) is 0. The van der Waals surface area contributed by atoms with E-state index in [2.05, 4.69) is 10.6 Å². The van der Waals surface area contributed by atoms with Gasteiger partial charge in [0.05, 0.1) is 16.4 Å². The zero-order valence-electron chi connectivity index (χ0n) is 10.2. The molecule has 2 nitrogen and oxygen atoms in total. The molecule has 0 heterocycles. The average molecular weight is 295 g/mol. The molecule has 0 aliphatic rings. The molecular weight excluding hydrogens is 283 g/mol. The van der Waals surface area contributed by atoms with Crippen LogP contribution in [0, 0.1) is 12.7 Å². The van der Waals surface area contributed by atoms with E-state index >= 15 is 0 Å². The van der Waals surface area contributed by atoms with Gasteiger partial charge in [-0.2, -0.15) is 0 Å². The van der Waals surface area contributed by atoms with Crippen LogP contribution in [0.1, 0.15) is 5.56 Å². The summed E-state index contributed by atoms with van der Waals surface area (Å²) in [5.41, 5.74) is 1.86. The lowest BCUT2D eigenvalue weighted by molar-refractivity contribution is 0.631. The molecule has 2 rings (SSSR count). The lowest BCUT2D eigenvalue weighted by Gasteiger charge is -2.12. The van der Waals surface area contributed by atoms with Gasteiger partial charge in [0, 0.05) is 0 Å². The number of benzene rings is 2. The summed E-state index contributed by atoms with van der Waals surface area (Å²) in [6, 6.07) is 12.1.